The van der Waals surface area contributed by atoms with E-state index in [-0.39, 0.29) is 17.7 Å². The van der Waals surface area contributed by atoms with Crippen molar-refractivity contribution < 1.29 is 14.7 Å². The number of hydrogen-bond donors (Lipinski definition) is 2. The first kappa shape index (κ1) is 14.6. The van der Waals surface area contributed by atoms with Gasteiger partial charge >= 0.3 is 5.97 Å². The number of amides is 1. The topological polar surface area (TPSA) is 66.4 Å². The SMILES string of the molecule is Cc1ccccc1CNC(=O)[C@@H]1CCC[C@H](C(=O)O)C1. The second kappa shape index (κ2) is 6.55. The Morgan fingerprint density at radius 1 is 1.25 bits per heavy atom. The maximum Gasteiger partial charge on any atom is 0.306 e. The Bertz CT molecular complexity index is 498. The number of rotatable bonds is 4. The van der Waals surface area contributed by atoms with Crippen molar-refractivity contribution in [2.75, 3.05) is 0 Å². The average molecular weight is 275 g/mol. The summed E-state index contributed by atoms with van der Waals surface area (Å²) in [6.45, 7) is 2.53. The van der Waals surface area contributed by atoms with Gasteiger partial charge in [0, 0.05) is 12.5 Å². The molecule has 0 unspecified atom stereocenters. The van der Waals surface area contributed by atoms with E-state index < -0.39 is 5.97 Å². The Morgan fingerprint density at radius 3 is 2.65 bits per heavy atom. The van der Waals surface area contributed by atoms with Gasteiger partial charge in [0.25, 0.3) is 0 Å². The predicted molar refractivity (Wildman–Crippen MR) is 76.1 cm³/mol. The number of carbonyl (C=O) groups excluding carboxylic acids is 1. The lowest BCUT2D eigenvalue weighted by Gasteiger charge is -2.25. The molecular formula is C16H21NO3. The van der Waals surface area contributed by atoms with E-state index >= 15 is 0 Å². The highest BCUT2D eigenvalue weighted by molar-refractivity contribution is 5.80. The zero-order valence-electron chi connectivity index (χ0n) is 11.8. The van der Waals surface area contributed by atoms with Gasteiger partial charge in [-0.25, -0.2) is 0 Å². The van der Waals surface area contributed by atoms with Crippen LogP contribution in [0.2, 0.25) is 0 Å². The maximum atomic E-state index is 12.1. The van der Waals surface area contributed by atoms with Gasteiger partial charge in [0.05, 0.1) is 5.92 Å². The van der Waals surface area contributed by atoms with E-state index in [1.54, 1.807) is 0 Å². The number of carbonyl (C=O) groups is 2. The lowest BCUT2D eigenvalue weighted by atomic mass is 9.81. The van der Waals surface area contributed by atoms with Crippen molar-refractivity contribution in [2.24, 2.45) is 11.8 Å². The summed E-state index contributed by atoms with van der Waals surface area (Å²) in [4.78, 5) is 23.2. The van der Waals surface area contributed by atoms with E-state index in [9.17, 15) is 9.59 Å². The predicted octanol–water partition coefficient (Wildman–Crippen LogP) is 2.50. The zero-order chi connectivity index (χ0) is 14.5. The highest BCUT2D eigenvalue weighted by atomic mass is 16.4. The van der Waals surface area contributed by atoms with Gasteiger partial charge < -0.3 is 10.4 Å². The number of aliphatic carboxylic acids is 1. The number of carboxylic acid groups (broad SMARTS) is 1. The lowest BCUT2D eigenvalue weighted by Crippen LogP contribution is -2.35. The molecule has 0 bridgehead atoms. The lowest BCUT2D eigenvalue weighted by molar-refractivity contribution is -0.144. The highest BCUT2D eigenvalue weighted by Gasteiger charge is 2.30. The Kier molecular flexibility index (Phi) is 4.77. The van der Waals surface area contributed by atoms with Crippen molar-refractivity contribution >= 4 is 11.9 Å². The van der Waals surface area contributed by atoms with Gasteiger partial charge in [-0.2, -0.15) is 0 Å². The van der Waals surface area contributed by atoms with Gasteiger partial charge in [0.2, 0.25) is 5.91 Å². The van der Waals surface area contributed by atoms with Gasteiger partial charge in [-0.3, -0.25) is 9.59 Å². The highest BCUT2D eigenvalue weighted by Crippen LogP contribution is 2.29. The third kappa shape index (κ3) is 3.59. The monoisotopic (exact) mass is 275 g/mol. The Labute approximate surface area is 119 Å². The Balaban J connectivity index is 1.89. The first-order valence-electron chi connectivity index (χ1n) is 7.13. The van der Waals surface area contributed by atoms with E-state index in [2.05, 4.69) is 5.32 Å². The molecule has 0 spiro atoms. The summed E-state index contributed by atoms with van der Waals surface area (Å²) in [6, 6.07) is 7.94. The van der Waals surface area contributed by atoms with Gasteiger partial charge in [0.15, 0.2) is 0 Å². The van der Waals surface area contributed by atoms with Crippen LogP contribution < -0.4 is 5.32 Å². The van der Waals surface area contributed by atoms with Crippen molar-refractivity contribution in [1.29, 1.82) is 0 Å². The minimum Gasteiger partial charge on any atom is -0.481 e. The van der Waals surface area contributed by atoms with Crippen LogP contribution in [0.5, 0.6) is 0 Å². The molecule has 0 aromatic heterocycles. The first-order chi connectivity index (χ1) is 9.58. The molecule has 1 aromatic carbocycles. The maximum absolute atomic E-state index is 12.1. The standard InChI is InChI=1S/C16H21NO3/c1-11-5-2-3-6-14(11)10-17-15(18)12-7-4-8-13(9-12)16(19)20/h2-3,5-6,12-13H,4,7-10H2,1H3,(H,17,18)(H,19,20)/t12-,13+/m1/s1. The van der Waals surface area contributed by atoms with E-state index in [4.69, 9.17) is 5.11 Å². The molecule has 2 N–H and O–H groups in total. The van der Waals surface area contributed by atoms with Crippen LogP contribution in [0.15, 0.2) is 24.3 Å². The fourth-order valence-electron chi connectivity index (χ4n) is 2.79. The van der Waals surface area contributed by atoms with Crippen LogP contribution in [0.25, 0.3) is 0 Å². The molecular weight excluding hydrogens is 254 g/mol. The summed E-state index contributed by atoms with van der Waals surface area (Å²) >= 11 is 0. The molecule has 1 saturated carbocycles. The second-order valence-electron chi connectivity index (χ2n) is 5.54. The van der Waals surface area contributed by atoms with Crippen molar-refractivity contribution in [3.05, 3.63) is 35.4 Å². The number of benzene rings is 1. The molecule has 20 heavy (non-hydrogen) atoms. The molecule has 1 aliphatic rings. The van der Waals surface area contributed by atoms with Crippen molar-refractivity contribution in [3.63, 3.8) is 0 Å². The van der Waals surface area contributed by atoms with Crippen LogP contribution in [-0.2, 0) is 16.1 Å². The number of hydrogen-bond acceptors (Lipinski definition) is 2. The smallest absolute Gasteiger partial charge is 0.306 e. The van der Waals surface area contributed by atoms with Gasteiger partial charge in [-0.05, 0) is 37.3 Å². The molecule has 1 fully saturated rings. The van der Waals surface area contributed by atoms with Gasteiger partial charge in [-0.1, -0.05) is 30.7 Å². The third-order valence-electron chi connectivity index (χ3n) is 4.11. The third-order valence-corrected chi connectivity index (χ3v) is 4.11. The molecule has 0 heterocycles. The fraction of sp³-hybridized carbons (Fsp3) is 0.500. The Morgan fingerprint density at radius 2 is 1.95 bits per heavy atom. The molecule has 0 saturated heterocycles. The summed E-state index contributed by atoms with van der Waals surface area (Å²) in [5, 5.41) is 12.0. The van der Waals surface area contributed by atoms with E-state index in [0.29, 0.717) is 19.4 Å². The molecule has 2 rings (SSSR count). The number of aryl methyl sites for hydroxylation is 1. The number of carboxylic acids is 1. The molecule has 1 aliphatic carbocycles. The molecule has 4 heteroatoms. The van der Waals surface area contributed by atoms with E-state index in [0.717, 1.165) is 24.0 Å². The molecule has 2 atom stereocenters. The molecule has 4 nitrogen and oxygen atoms in total. The summed E-state index contributed by atoms with van der Waals surface area (Å²) < 4.78 is 0. The molecule has 0 radical (unpaired) electrons. The minimum atomic E-state index is -0.776. The van der Waals surface area contributed by atoms with Crippen LogP contribution in [0.1, 0.15) is 36.8 Å². The normalized spacial score (nSPS) is 22.2. The van der Waals surface area contributed by atoms with Crippen molar-refractivity contribution in [2.45, 2.75) is 39.2 Å². The van der Waals surface area contributed by atoms with Gasteiger partial charge in [-0.15, -0.1) is 0 Å². The van der Waals surface area contributed by atoms with E-state index in [1.165, 1.54) is 0 Å². The second-order valence-corrected chi connectivity index (χ2v) is 5.54. The molecule has 0 aliphatic heterocycles. The van der Waals surface area contributed by atoms with Crippen LogP contribution in [0.3, 0.4) is 0 Å². The zero-order valence-corrected chi connectivity index (χ0v) is 11.8. The van der Waals surface area contributed by atoms with E-state index in [1.807, 2.05) is 31.2 Å². The van der Waals surface area contributed by atoms with Crippen molar-refractivity contribution in [1.82, 2.24) is 5.32 Å². The van der Waals surface area contributed by atoms with Gasteiger partial charge in [0.1, 0.15) is 0 Å². The van der Waals surface area contributed by atoms with Crippen LogP contribution in [0, 0.1) is 18.8 Å². The minimum absolute atomic E-state index is 0.0146. The quantitative estimate of drug-likeness (QED) is 0.887. The average Bonchev–Trinajstić information content (AvgIpc) is 2.46. The first-order valence-corrected chi connectivity index (χ1v) is 7.13. The summed E-state index contributed by atoms with van der Waals surface area (Å²) in [5.41, 5.74) is 2.26. The van der Waals surface area contributed by atoms with Crippen molar-refractivity contribution in [3.8, 4) is 0 Å². The molecule has 1 aromatic rings. The molecule has 108 valence electrons. The number of nitrogens with one attached hydrogen (secondary N) is 1. The van der Waals surface area contributed by atoms with Crippen LogP contribution >= 0.6 is 0 Å². The summed E-state index contributed by atoms with van der Waals surface area (Å²) in [5.74, 6) is -1.31. The Hall–Kier alpha value is -1.84. The largest absolute Gasteiger partial charge is 0.481 e. The van der Waals surface area contributed by atoms with Crippen LogP contribution in [-0.4, -0.2) is 17.0 Å². The summed E-state index contributed by atoms with van der Waals surface area (Å²) in [6.07, 6.45) is 2.77. The summed E-state index contributed by atoms with van der Waals surface area (Å²) in [7, 11) is 0. The van der Waals surface area contributed by atoms with Crippen LogP contribution in [0.4, 0.5) is 0 Å². The molecule has 1 amide bonds. The fourth-order valence-corrected chi connectivity index (χ4v) is 2.79.